The second-order valence-corrected chi connectivity index (χ2v) is 4.92. The fourth-order valence-electron chi connectivity index (χ4n) is 2.21. The van der Waals surface area contributed by atoms with Gasteiger partial charge in [0.2, 0.25) is 0 Å². The Bertz CT molecular complexity index is 658. The number of hydrogen-bond acceptors (Lipinski definition) is 3. The molecule has 110 valence electrons. The molecule has 21 heavy (non-hydrogen) atoms. The van der Waals surface area contributed by atoms with Crippen LogP contribution in [0.3, 0.4) is 0 Å². The standard InChI is InChI=1S/C16H17FN2O2/c1-3-16(12-5-4-6-14(10-12)19(20)21)18-13-7-8-15(17)11(2)9-13/h4-10,16,18H,3H2,1-2H3. The van der Waals surface area contributed by atoms with Crippen molar-refractivity contribution in [3.8, 4) is 0 Å². The molecule has 0 heterocycles. The molecule has 0 fully saturated rings. The van der Waals surface area contributed by atoms with Crippen LogP contribution < -0.4 is 5.32 Å². The number of halogens is 1. The first-order valence-corrected chi connectivity index (χ1v) is 6.78. The van der Waals surface area contributed by atoms with Gasteiger partial charge in [0.15, 0.2) is 0 Å². The molecule has 0 aliphatic heterocycles. The van der Waals surface area contributed by atoms with Crippen LogP contribution in [-0.4, -0.2) is 4.92 Å². The second-order valence-electron chi connectivity index (χ2n) is 4.92. The molecule has 0 aliphatic rings. The van der Waals surface area contributed by atoms with Crippen molar-refractivity contribution >= 4 is 11.4 Å². The summed E-state index contributed by atoms with van der Waals surface area (Å²) in [6.45, 7) is 3.70. The first kappa shape index (κ1) is 15.0. The molecule has 2 aromatic rings. The van der Waals surface area contributed by atoms with Crippen molar-refractivity contribution in [2.24, 2.45) is 0 Å². The van der Waals surface area contributed by atoms with E-state index in [2.05, 4.69) is 5.32 Å². The Labute approximate surface area is 122 Å². The van der Waals surface area contributed by atoms with Gasteiger partial charge < -0.3 is 5.32 Å². The molecule has 2 rings (SSSR count). The predicted octanol–water partition coefficient (Wildman–Crippen LogP) is 4.61. The zero-order valence-electron chi connectivity index (χ0n) is 12.0. The van der Waals surface area contributed by atoms with Gasteiger partial charge >= 0.3 is 0 Å². The Morgan fingerprint density at radius 3 is 2.67 bits per heavy atom. The fourth-order valence-corrected chi connectivity index (χ4v) is 2.21. The Morgan fingerprint density at radius 2 is 2.05 bits per heavy atom. The third kappa shape index (κ3) is 3.56. The lowest BCUT2D eigenvalue weighted by Gasteiger charge is -2.19. The first-order valence-electron chi connectivity index (χ1n) is 6.78. The Hall–Kier alpha value is -2.43. The van der Waals surface area contributed by atoms with Crippen LogP contribution in [0.2, 0.25) is 0 Å². The molecule has 5 heteroatoms. The Morgan fingerprint density at radius 1 is 1.29 bits per heavy atom. The number of nitro benzene ring substituents is 1. The van der Waals surface area contributed by atoms with Gasteiger partial charge in [-0.2, -0.15) is 0 Å². The molecule has 0 bridgehead atoms. The second kappa shape index (κ2) is 6.35. The molecule has 1 atom stereocenters. The summed E-state index contributed by atoms with van der Waals surface area (Å²) in [5, 5.41) is 14.1. The van der Waals surface area contributed by atoms with Crippen LogP contribution in [0.5, 0.6) is 0 Å². The molecule has 0 radical (unpaired) electrons. The first-order chi connectivity index (χ1) is 10.0. The third-order valence-corrected chi connectivity index (χ3v) is 3.39. The highest BCUT2D eigenvalue weighted by Gasteiger charge is 2.13. The van der Waals surface area contributed by atoms with Crippen LogP contribution in [-0.2, 0) is 0 Å². The van der Waals surface area contributed by atoms with E-state index in [0.29, 0.717) is 5.56 Å². The third-order valence-electron chi connectivity index (χ3n) is 3.39. The minimum atomic E-state index is -0.405. The van der Waals surface area contributed by atoms with E-state index in [1.54, 1.807) is 31.2 Å². The lowest BCUT2D eigenvalue weighted by atomic mass is 10.0. The van der Waals surface area contributed by atoms with Crippen molar-refractivity contribution in [1.82, 2.24) is 0 Å². The average molecular weight is 288 g/mol. The van der Waals surface area contributed by atoms with Crippen LogP contribution in [0.4, 0.5) is 15.8 Å². The quantitative estimate of drug-likeness (QED) is 0.646. The zero-order chi connectivity index (χ0) is 15.4. The van der Waals surface area contributed by atoms with E-state index >= 15 is 0 Å². The van der Waals surface area contributed by atoms with E-state index in [9.17, 15) is 14.5 Å². The average Bonchev–Trinajstić information content (AvgIpc) is 2.48. The van der Waals surface area contributed by atoms with Crippen molar-refractivity contribution in [3.05, 3.63) is 69.5 Å². The van der Waals surface area contributed by atoms with Crippen molar-refractivity contribution in [1.29, 1.82) is 0 Å². The minimum absolute atomic E-state index is 0.0604. The monoisotopic (exact) mass is 288 g/mol. The number of nitro groups is 1. The summed E-state index contributed by atoms with van der Waals surface area (Å²) in [5.41, 5.74) is 2.28. The normalized spacial score (nSPS) is 12.0. The summed E-state index contributed by atoms with van der Waals surface area (Å²) in [6.07, 6.45) is 0.761. The maximum absolute atomic E-state index is 13.3. The van der Waals surface area contributed by atoms with E-state index in [1.807, 2.05) is 13.0 Å². The highest BCUT2D eigenvalue weighted by Crippen LogP contribution is 2.26. The molecule has 4 nitrogen and oxygen atoms in total. The van der Waals surface area contributed by atoms with E-state index in [0.717, 1.165) is 17.7 Å². The molecule has 2 aromatic carbocycles. The zero-order valence-corrected chi connectivity index (χ0v) is 12.0. The van der Waals surface area contributed by atoms with E-state index in [-0.39, 0.29) is 17.5 Å². The largest absolute Gasteiger partial charge is 0.378 e. The summed E-state index contributed by atoms with van der Waals surface area (Å²) in [7, 11) is 0. The number of nitrogens with zero attached hydrogens (tertiary/aromatic N) is 1. The predicted molar refractivity (Wildman–Crippen MR) is 80.9 cm³/mol. The lowest BCUT2D eigenvalue weighted by Crippen LogP contribution is -2.10. The van der Waals surface area contributed by atoms with Gasteiger partial charge in [-0.25, -0.2) is 4.39 Å². The van der Waals surface area contributed by atoms with Gasteiger partial charge in [-0.05, 0) is 42.7 Å². The molecule has 0 saturated heterocycles. The summed E-state index contributed by atoms with van der Waals surface area (Å²) in [4.78, 5) is 10.4. The van der Waals surface area contributed by atoms with Gasteiger partial charge in [-0.1, -0.05) is 19.1 Å². The maximum Gasteiger partial charge on any atom is 0.269 e. The number of aryl methyl sites for hydroxylation is 1. The summed E-state index contributed by atoms with van der Waals surface area (Å²) in [5.74, 6) is -0.246. The van der Waals surface area contributed by atoms with E-state index in [1.165, 1.54) is 12.1 Å². The molecule has 0 amide bonds. The number of nitrogens with one attached hydrogen (secondary N) is 1. The maximum atomic E-state index is 13.3. The molecule has 1 N–H and O–H groups in total. The highest BCUT2D eigenvalue weighted by molar-refractivity contribution is 5.49. The lowest BCUT2D eigenvalue weighted by molar-refractivity contribution is -0.384. The highest BCUT2D eigenvalue weighted by atomic mass is 19.1. The Balaban J connectivity index is 2.25. The molecule has 0 spiro atoms. The molecule has 1 unspecified atom stereocenters. The van der Waals surface area contributed by atoms with Gasteiger partial charge in [0.25, 0.3) is 5.69 Å². The van der Waals surface area contributed by atoms with Gasteiger partial charge in [0, 0.05) is 17.8 Å². The number of benzene rings is 2. The molecule has 0 aromatic heterocycles. The van der Waals surface area contributed by atoms with Gasteiger partial charge in [0.1, 0.15) is 5.82 Å². The number of non-ortho nitro benzene ring substituents is 1. The minimum Gasteiger partial charge on any atom is -0.378 e. The van der Waals surface area contributed by atoms with Crippen molar-refractivity contribution < 1.29 is 9.31 Å². The van der Waals surface area contributed by atoms with Crippen molar-refractivity contribution in [3.63, 3.8) is 0 Å². The summed E-state index contributed by atoms with van der Waals surface area (Å²) in [6, 6.07) is 11.3. The van der Waals surface area contributed by atoms with E-state index < -0.39 is 4.92 Å². The van der Waals surface area contributed by atoms with Crippen LogP contribution in [0, 0.1) is 22.9 Å². The van der Waals surface area contributed by atoms with Crippen molar-refractivity contribution in [2.45, 2.75) is 26.3 Å². The smallest absolute Gasteiger partial charge is 0.269 e. The number of anilines is 1. The van der Waals surface area contributed by atoms with Crippen molar-refractivity contribution in [2.75, 3.05) is 5.32 Å². The van der Waals surface area contributed by atoms with Gasteiger partial charge in [-0.15, -0.1) is 0 Å². The molecule has 0 aliphatic carbocycles. The topological polar surface area (TPSA) is 55.2 Å². The SMILES string of the molecule is CCC(Nc1ccc(F)c(C)c1)c1cccc([N+](=O)[O-])c1. The van der Waals surface area contributed by atoms with Gasteiger partial charge in [-0.3, -0.25) is 10.1 Å². The molecule has 0 saturated carbocycles. The molecular formula is C16H17FN2O2. The van der Waals surface area contributed by atoms with Gasteiger partial charge in [0.05, 0.1) is 11.0 Å². The Kier molecular flexibility index (Phi) is 4.52. The summed E-state index contributed by atoms with van der Waals surface area (Å²) >= 11 is 0. The number of hydrogen-bond donors (Lipinski definition) is 1. The van der Waals surface area contributed by atoms with Crippen LogP contribution in [0.1, 0.15) is 30.5 Å². The van der Waals surface area contributed by atoms with E-state index in [4.69, 9.17) is 0 Å². The number of rotatable bonds is 5. The van der Waals surface area contributed by atoms with Crippen LogP contribution in [0.15, 0.2) is 42.5 Å². The van der Waals surface area contributed by atoms with Crippen LogP contribution >= 0.6 is 0 Å². The fraction of sp³-hybridized carbons (Fsp3) is 0.250. The molecular weight excluding hydrogens is 271 g/mol. The van der Waals surface area contributed by atoms with Crippen LogP contribution in [0.25, 0.3) is 0 Å². The summed E-state index contributed by atoms with van der Waals surface area (Å²) < 4.78 is 13.3.